The molecule has 6 nitrogen and oxygen atoms in total. The summed E-state index contributed by atoms with van der Waals surface area (Å²) in [5.74, 6) is 0.211. The van der Waals surface area contributed by atoms with Gasteiger partial charge in [-0.3, -0.25) is 4.79 Å². The Morgan fingerprint density at radius 3 is 2.50 bits per heavy atom. The molecule has 0 unspecified atom stereocenters. The molecule has 0 amide bonds. The van der Waals surface area contributed by atoms with Crippen LogP contribution in [0.15, 0.2) is 30.5 Å². The number of anilines is 3. The lowest BCUT2D eigenvalue weighted by molar-refractivity contribution is -0.142. The molecule has 0 spiro atoms. The van der Waals surface area contributed by atoms with Crippen LogP contribution in [0.25, 0.3) is 0 Å². The Labute approximate surface area is 149 Å². The van der Waals surface area contributed by atoms with Crippen molar-refractivity contribution in [3.63, 3.8) is 0 Å². The molecule has 0 saturated carbocycles. The highest BCUT2D eigenvalue weighted by Gasteiger charge is 2.25. The van der Waals surface area contributed by atoms with Gasteiger partial charge in [-0.15, -0.1) is 0 Å². The smallest absolute Gasteiger partial charge is 0.306 e. The van der Waals surface area contributed by atoms with Crippen molar-refractivity contribution >= 4 is 46.6 Å². The Kier molecular flexibility index (Phi) is 5.06. The summed E-state index contributed by atoms with van der Waals surface area (Å²) in [5, 5.41) is 13.2. The van der Waals surface area contributed by atoms with Crippen LogP contribution < -0.4 is 10.2 Å². The minimum Gasteiger partial charge on any atom is -0.481 e. The maximum absolute atomic E-state index is 11.0. The van der Waals surface area contributed by atoms with Crippen LogP contribution in [-0.2, 0) is 4.79 Å². The Morgan fingerprint density at radius 2 is 1.88 bits per heavy atom. The van der Waals surface area contributed by atoms with Crippen molar-refractivity contribution in [1.29, 1.82) is 0 Å². The maximum Gasteiger partial charge on any atom is 0.306 e. The Bertz CT molecular complexity index is 728. The number of halogens is 2. The number of piperidine rings is 1. The van der Waals surface area contributed by atoms with Gasteiger partial charge in [0.1, 0.15) is 5.82 Å². The standard InChI is InChI=1S/C16H16Cl2N4O2/c17-11-7-12(18)9-13(8-11)20-16-19-4-1-14(21-16)22-5-2-10(3-6-22)15(23)24/h1,4,7-10H,2-3,5-6H2,(H,23,24)(H,19,20,21). The molecule has 1 saturated heterocycles. The molecular weight excluding hydrogens is 351 g/mol. The highest BCUT2D eigenvalue weighted by atomic mass is 35.5. The number of hydrogen-bond donors (Lipinski definition) is 2. The molecule has 2 aromatic rings. The second-order valence-electron chi connectivity index (χ2n) is 5.62. The Hall–Kier alpha value is -2.05. The van der Waals surface area contributed by atoms with Crippen LogP contribution in [0.3, 0.4) is 0 Å². The number of benzene rings is 1. The van der Waals surface area contributed by atoms with E-state index < -0.39 is 5.97 Å². The summed E-state index contributed by atoms with van der Waals surface area (Å²) < 4.78 is 0. The number of nitrogens with zero attached hydrogens (tertiary/aromatic N) is 3. The van der Waals surface area contributed by atoms with Crippen LogP contribution in [0.1, 0.15) is 12.8 Å². The molecule has 3 rings (SSSR count). The Balaban J connectivity index is 1.71. The van der Waals surface area contributed by atoms with Crippen LogP contribution >= 0.6 is 23.2 Å². The summed E-state index contributed by atoms with van der Waals surface area (Å²) in [7, 11) is 0. The van der Waals surface area contributed by atoms with Gasteiger partial charge in [0.2, 0.25) is 5.95 Å². The summed E-state index contributed by atoms with van der Waals surface area (Å²) in [6.45, 7) is 1.33. The first-order valence-corrected chi connectivity index (χ1v) is 8.31. The van der Waals surface area contributed by atoms with Crippen molar-refractivity contribution in [2.75, 3.05) is 23.3 Å². The predicted octanol–water partition coefficient (Wildman–Crippen LogP) is 3.83. The number of carboxylic acid groups (broad SMARTS) is 1. The van der Waals surface area contributed by atoms with E-state index in [9.17, 15) is 4.79 Å². The monoisotopic (exact) mass is 366 g/mol. The van der Waals surface area contributed by atoms with Crippen molar-refractivity contribution < 1.29 is 9.90 Å². The highest BCUT2D eigenvalue weighted by molar-refractivity contribution is 6.35. The van der Waals surface area contributed by atoms with E-state index in [4.69, 9.17) is 28.3 Å². The molecule has 1 aromatic heterocycles. The first kappa shape index (κ1) is 16.8. The molecule has 8 heteroatoms. The lowest BCUT2D eigenvalue weighted by Gasteiger charge is -2.31. The molecule has 1 aliphatic rings. The molecule has 0 bridgehead atoms. The molecule has 0 atom stereocenters. The lowest BCUT2D eigenvalue weighted by Crippen LogP contribution is -2.36. The molecule has 1 aromatic carbocycles. The van der Waals surface area contributed by atoms with E-state index in [0.29, 0.717) is 47.6 Å². The van der Waals surface area contributed by atoms with Crippen LogP contribution in [0.4, 0.5) is 17.5 Å². The SMILES string of the molecule is O=C(O)C1CCN(c2ccnc(Nc3cc(Cl)cc(Cl)c3)n2)CC1. The van der Waals surface area contributed by atoms with Gasteiger partial charge in [-0.05, 0) is 37.1 Å². The van der Waals surface area contributed by atoms with Gasteiger partial charge >= 0.3 is 5.97 Å². The molecule has 126 valence electrons. The normalized spacial score (nSPS) is 15.3. The van der Waals surface area contributed by atoms with Crippen molar-refractivity contribution in [1.82, 2.24) is 9.97 Å². The first-order valence-electron chi connectivity index (χ1n) is 7.55. The summed E-state index contributed by atoms with van der Waals surface area (Å²) in [4.78, 5) is 21.8. The average Bonchev–Trinajstić information content (AvgIpc) is 2.54. The summed E-state index contributed by atoms with van der Waals surface area (Å²) in [6.07, 6.45) is 2.90. The van der Waals surface area contributed by atoms with E-state index in [0.717, 1.165) is 5.82 Å². The van der Waals surface area contributed by atoms with Crippen molar-refractivity contribution in [2.24, 2.45) is 5.92 Å². The van der Waals surface area contributed by atoms with Gasteiger partial charge in [-0.25, -0.2) is 4.98 Å². The Morgan fingerprint density at radius 1 is 1.21 bits per heavy atom. The van der Waals surface area contributed by atoms with Crippen LogP contribution in [0, 0.1) is 5.92 Å². The molecule has 0 aliphatic carbocycles. The zero-order chi connectivity index (χ0) is 17.1. The van der Waals surface area contributed by atoms with Gasteiger partial charge in [0.05, 0.1) is 5.92 Å². The van der Waals surface area contributed by atoms with Crippen molar-refractivity contribution in [3.8, 4) is 0 Å². The number of hydrogen-bond acceptors (Lipinski definition) is 5. The molecular formula is C16H16Cl2N4O2. The average molecular weight is 367 g/mol. The van der Waals surface area contributed by atoms with E-state index in [-0.39, 0.29) is 5.92 Å². The third-order valence-electron chi connectivity index (χ3n) is 3.93. The fraction of sp³-hybridized carbons (Fsp3) is 0.312. The predicted molar refractivity (Wildman–Crippen MR) is 94.3 cm³/mol. The summed E-state index contributed by atoms with van der Waals surface area (Å²) in [5.41, 5.74) is 0.703. The van der Waals surface area contributed by atoms with Crippen LogP contribution in [0.5, 0.6) is 0 Å². The molecule has 0 radical (unpaired) electrons. The van der Waals surface area contributed by atoms with Crippen molar-refractivity contribution in [2.45, 2.75) is 12.8 Å². The lowest BCUT2D eigenvalue weighted by atomic mass is 9.97. The van der Waals surface area contributed by atoms with Gasteiger partial charge in [0.25, 0.3) is 0 Å². The molecule has 24 heavy (non-hydrogen) atoms. The summed E-state index contributed by atoms with van der Waals surface area (Å²) >= 11 is 12.0. The number of aromatic nitrogens is 2. The van der Waals surface area contributed by atoms with E-state index in [1.54, 1.807) is 24.4 Å². The minimum atomic E-state index is -0.725. The van der Waals surface area contributed by atoms with Gasteiger partial charge in [0.15, 0.2) is 0 Å². The fourth-order valence-corrected chi connectivity index (χ4v) is 3.22. The quantitative estimate of drug-likeness (QED) is 0.855. The second-order valence-corrected chi connectivity index (χ2v) is 6.49. The third-order valence-corrected chi connectivity index (χ3v) is 4.36. The van der Waals surface area contributed by atoms with E-state index >= 15 is 0 Å². The minimum absolute atomic E-state index is 0.269. The van der Waals surface area contributed by atoms with Crippen LogP contribution in [-0.4, -0.2) is 34.1 Å². The number of aliphatic carboxylic acids is 1. The van der Waals surface area contributed by atoms with Gasteiger partial charge in [-0.2, -0.15) is 4.98 Å². The zero-order valence-electron chi connectivity index (χ0n) is 12.7. The fourth-order valence-electron chi connectivity index (χ4n) is 2.70. The number of nitrogens with one attached hydrogen (secondary N) is 1. The topological polar surface area (TPSA) is 78.3 Å². The molecule has 2 N–H and O–H groups in total. The number of carboxylic acids is 1. The third kappa shape index (κ3) is 4.07. The van der Waals surface area contributed by atoms with E-state index in [1.165, 1.54) is 0 Å². The highest BCUT2D eigenvalue weighted by Crippen LogP contribution is 2.26. The molecule has 1 fully saturated rings. The molecule has 2 heterocycles. The largest absolute Gasteiger partial charge is 0.481 e. The van der Waals surface area contributed by atoms with E-state index in [2.05, 4.69) is 20.2 Å². The first-order chi connectivity index (χ1) is 11.5. The molecule has 1 aliphatic heterocycles. The second kappa shape index (κ2) is 7.23. The number of rotatable bonds is 4. The van der Waals surface area contributed by atoms with Gasteiger partial charge in [0, 0.05) is 35.0 Å². The maximum atomic E-state index is 11.0. The van der Waals surface area contributed by atoms with Gasteiger partial charge in [-0.1, -0.05) is 23.2 Å². The van der Waals surface area contributed by atoms with Crippen LogP contribution in [0.2, 0.25) is 10.0 Å². The van der Waals surface area contributed by atoms with Crippen molar-refractivity contribution in [3.05, 3.63) is 40.5 Å². The zero-order valence-corrected chi connectivity index (χ0v) is 14.3. The number of carbonyl (C=O) groups is 1. The summed E-state index contributed by atoms with van der Waals surface area (Å²) in [6, 6.07) is 6.94. The van der Waals surface area contributed by atoms with Gasteiger partial charge < -0.3 is 15.3 Å². The van der Waals surface area contributed by atoms with E-state index in [1.807, 2.05) is 6.07 Å².